The van der Waals surface area contributed by atoms with Crippen LogP contribution < -0.4 is 25.2 Å². The van der Waals surface area contributed by atoms with Crippen molar-refractivity contribution in [3.63, 3.8) is 0 Å². The number of carbonyl (C=O) groups excluding carboxylic acids is 1. The van der Waals surface area contributed by atoms with Gasteiger partial charge in [-0.1, -0.05) is 6.07 Å². The van der Waals surface area contributed by atoms with Crippen molar-refractivity contribution in [2.75, 3.05) is 27.3 Å². The molecule has 1 aromatic carbocycles. The van der Waals surface area contributed by atoms with E-state index in [1.807, 2.05) is 12.1 Å². The van der Waals surface area contributed by atoms with Crippen LogP contribution in [0.25, 0.3) is 0 Å². The highest BCUT2D eigenvalue weighted by Crippen LogP contribution is 2.27. The van der Waals surface area contributed by atoms with E-state index in [1.54, 1.807) is 38.2 Å². The van der Waals surface area contributed by atoms with Crippen LogP contribution in [-0.4, -0.2) is 44.3 Å². The van der Waals surface area contributed by atoms with Crippen LogP contribution >= 0.6 is 0 Å². The summed E-state index contributed by atoms with van der Waals surface area (Å²) >= 11 is 0. The number of carbonyl (C=O) groups is 1. The highest BCUT2D eigenvalue weighted by Gasteiger charge is 2.27. The number of urea groups is 1. The zero-order chi connectivity index (χ0) is 20.1. The van der Waals surface area contributed by atoms with Crippen LogP contribution in [0.5, 0.6) is 17.2 Å². The number of aryl methyl sites for hydroxylation is 1. The number of hydrogen-bond donors (Lipinski definition) is 1. The zero-order valence-electron chi connectivity index (χ0n) is 16.2. The maximum atomic E-state index is 12.4. The fourth-order valence-electron chi connectivity index (χ4n) is 3.13. The molecule has 1 fully saturated rings. The molecule has 3 rings (SSSR count). The summed E-state index contributed by atoms with van der Waals surface area (Å²) in [6, 6.07) is 8.33. The van der Waals surface area contributed by atoms with Crippen molar-refractivity contribution in [1.82, 2.24) is 10.2 Å². The molecule has 0 spiro atoms. The van der Waals surface area contributed by atoms with Gasteiger partial charge in [-0.15, -0.1) is 0 Å². The van der Waals surface area contributed by atoms with Gasteiger partial charge in [0.05, 0.1) is 26.8 Å². The normalized spacial score (nSPS) is 16.0. The zero-order valence-corrected chi connectivity index (χ0v) is 16.2. The summed E-state index contributed by atoms with van der Waals surface area (Å²) in [6.07, 6.45) is 0.538. The number of likely N-dealkylation sites (tertiary alicyclic amines) is 1. The van der Waals surface area contributed by atoms with Crippen molar-refractivity contribution in [2.45, 2.75) is 26.0 Å². The highest BCUT2D eigenvalue weighted by molar-refractivity contribution is 5.74. The molecule has 1 atom stereocenters. The molecule has 1 aromatic heterocycles. The number of amides is 2. The summed E-state index contributed by atoms with van der Waals surface area (Å²) in [4.78, 5) is 25.6. The van der Waals surface area contributed by atoms with Crippen LogP contribution in [0.15, 0.2) is 39.5 Å². The molecule has 0 radical (unpaired) electrons. The largest absolute Gasteiger partial charge is 0.493 e. The van der Waals surface area contributed by atoms with E-state index in [0.717, 1.165) is 5.56 Å². The standard InChI is InChI=1S/C20H24N2O6/c1-13-8-16(10-19(23)27-13)28-15-6-7-22(12-15)20(24)21-11-14-4-5-17(25-2)18(9-14)26-3/h4-5,8-10,15H,6-7,11-12H2,1-3H3,(H,21,24)/t15-/m1/s1. The molecule has 1 N–H and O–H groups in total. The lowest BCUT2D eigenvalue weighted by atomic mass is 10.2. The van der Waals surface area contributed by atoms with E-state index in [9.17, 15) is 9.59 Å². The maximum Gasteiger partial charge on any atom is 0.339 e. The molecule has 0 saturated carbocycles. The van der Waals surface area contributed by atoms with Crippen molar-refractivity contribution >= 4 is 6.03 Å². The molecule has 0 aliphatic carbocycles. The van der Waals surface area contributed by atoms with Crippen LogP contribution in [0, 0.1) is 6.92 Å². The Kier molecular flexibility index (Phi) is 6.08. The first-order valence-electron chi connectivity index (χ1n) is 9.00. The van der Waals surface area contributed by atoms with E-state index >= 15 is 0 Å². The van der Waals surface area contributed by atoms with Gasteiger partial charge in [0.15, 0.2) is 11.5 Å². The lowest BCUT2D eigenvalue weighted by Crippen LogP contribution is -2.39. The Morgan fingerprint density at radius 2 is 2.00 bits per heavy atom. The Balaban J connectivity index is 1.52. The quantitative estimate of drug-likeness (QED) is 0.817. The summed E-state index contributed by atoms with van der Waals surface area (Å²) < 4.78 is 21.2. The Labute approximate surface area is 163 Å². The molecule has 2 aromatic rings. The minimum Gasteiger partial charge on any atom is -0.493 e. The number of hydrogen-bond acceptors (Lipinski definition) is 6. The topological polar surface area (TPSA) is 90.2 Å². The SMILES string of the molecule is COc1ccc(CNC(=O)N2CC[C@@H](Oc3cc(C)oc(=O)c3)C2)cc1OC. The molecular formula is C20H24N2O6. The summed E-state index contributed by atoms with van der Waals surface area (Å²) in [7, 11) is 3.15. The molecule has 1 saturated heterocycles. The van der Waals surface area contributed by atoms with Gasteiger partial charge in [-0.3, -0.25) is 0 Å². The fraction of sp³-hybridized carbons (Fsp3) is 0.400. The molecule has 8 heteroatoms. The van der Waals surface area contributed by atoms with Gasteiger partial charge in [0.25, 0.3) is 0 Å². The van der Waals surface area contributed by atoms with Crippen molar-refractivity contribution in [1.29, 1.82) is 0 Å². The Hall–Kier alpha value is -3.16. The van der Waals surface area contributed by atoms with Crippen LogP contribution in [0.1, 0.15) is 17.7 Å². The van der Waals surface area contributed by atoms with Gasteiger partial charge in [-0.2, -0.15) is 0 Å². The van der Waals surface area contributed by atoms with Crippen molar-refractivity contribution < 1.29 is 23.4 Å². The number of nitrogens with zero attached hydrogens (tertiary/aromatic N) is 1. The second-order valence-electron chi connectivity index (χ2n) is 6.55. The number of methoxy groups -OCH3 is 2. The van der Waals surface area contributed by atoms with Gasteiger partial charge in [-0.25, -0.2) is 9.59 Å². The molecule has 1 aliphatic heterocycles. The van der Waals surface area contributed by atoms with Crippen molar-refractivity contribution in [3.8, 4) is 17.2 Å². The number of nitrogens with one attached hydrogen (secondary N) is 1. The van der Waals surface area contributed by atoms with E-state index in [0.29, 0.717) is 49.1 Å². The summed E-state index contributed by atoms with van der Waals surface area (Å²) in [5.41, 5.74) is 0.460. The van der Waals surface area contributed by atoms with Gasteiger partial charge >= 0.3 is 11.7 Å². The predicted octanol–water partition coefficient (Wildman–Crippen LogP) is 2.33. The highest BCUT2D eigenvalue weighted by atomic mass is 16.5. The van der Waals surface area contributed by atoms with Crippen LogP contribution in [0.4, 0.5) is 4.79 Å². The molecule has 28 heavy (non-hydrogen) atoms. The first-order valence-corrected chi connectivity index (χ1v) is 9.00. The van der Waals surface area contributed by atoms with Gasteiger partial charge in [0.2, 0.25) is 0 Å². The second kappa shape index (κ2) is 8.69. The van der Waals surface area contributed by atoms with Crippen LogP contribution in [0.3, 0.4) is 0 Å². The van der Waals surface area contributed by atoms with Crippen LogP contribution in [-0.2, 0) is 6.54 Å². The summed E-state index contributed by atoms with van der Waals surface area (Å²) in [5, 5.41) is 2.90. The smallest absolute Gasteiger partial charge is 0.339 e. The second-order valence-corrected chi connectivity index (χ2v) is 6.55. The third kappa shape index (κ3) is 4.76. The fourth-order valence-corrected chi connectivity index (χ4v) is 3.13. The molecule has 2 amide bonds. The number of ether oxygens (including phenoxy) is 3. The monoisotopic (exact) mass is 388 g/mol. The first-order chi connectivity index (χ1) is 13.5. The van der Waals surface area contributed by atoms with E-state index in [2.05, 4.69) is 5.32 Å². The molecule has 1 aliphatic rings. The van der Waals surface area contributed by atoms with Gasteiger partial charge in [0.1, 0.15) is 17.6 Å². The molecule has 8 nitrogen and oxygen atoms in total. The Morgan fingerprint density at radius 1 is 1.21 bits per heavy atom. The van der Waals surface area contributed by atoms with E-state index in [1.165, 1.54) is 6.07 Å². The van der Waals surface area contributed by atoms with E-state index < -0.39 is 5.63 Å². The Bertz CT molecular complexity index is 895. The first kappa shape index (κ1) is 19.6. The third-order valence-corrected chi connectivity index (χ3v) is 4.49. The van der Waals surface area contributed by atoms with E-state index in [-0.39, 0.29) is 12.1 Å². The lowest BCUT2D eigenvalue weighted by molar-refractivity contribution is 0.185. The average Bonchev–Trinajstić information content (AvgIpc) is 3.13. The molecule has 150 valence electrons. The predicted molar refractivity (Wildman–Crippen MR) is 102 cm³/mol. The third-order valence-electron chi connectivity index (χ3n) is 4.49. The minimum absolute atomic E-state index is 0.159. The van der Waals surface area contributed by atoms with Gasteiger partial charge in [0, 0.05) is 25.6 Å². The maximum absolute atomic E-state index is 12.4. The van der Waals surface area contributed by atoms with Gasteiger partial charge < -0.3 is 28.8 Å². The van der Waals surface area contributed by atoms with Crippen LogP contribution in [0.2, 0.25) is 0 Å². The minimum atomic E-state index is -0.447. The van der Waals surface area contributed by atoms with Gasteiger partial charge in [-0.05, 0) is 24.6 Å². The number of benzene rings is 1. The summed E-state index contributed by atoms with van der Waals surface area (Å²) in [5.74, 6) is 2.21. The molecule has 0 bridgehead atoms. The van der Waals surface area contributed by atoms with E-state index in [4.69, 9.17) is 18.6 Å². The van der Waals surface area contributed by atoms with Crippen molar-refractivity contribution in [2.24, 2.45) is 0 Å². The lowest BCUT2D eigenvalue weighted by Gasteiger charge is -2.18. The Morgan fingerprint density at radius 3 is 2.71 bits per heavy atom. The molecular weight excluding hydrogens is 364 g/mol. The average molecular weight is 388 g/mol. The number of rotatable bonds is 6. The van der Waals surface area contributed by atoms with Crippen molar-refractivity contribution in [3.05, 3.63) is 52.1 Å². The summed E-state index contributed by atoms with van der Waals surface area (Å²) in [6.45, 7) is 3.11. The molecule has 2 heterocycles. The molecule has 0 unspecified atom stereocenters.